The number of rotatable bonds is 5. The Labute approximate surface area is 142 Å². The standard InChI is InChI=1S/C19H24N2OS/c1-3-15-4-6-16(7-5-15)14(2)20-19(22)13-21-10-8-18-17(12-21)9-11-23-18/h4-7,9,11,14H,3,8,10,12-13H2,1-2H3,(H,20,22). The van der Waals surface area contributed by atoms with E-state index in [4.69, 9.17) is 0 Å². The summed E-state index contributed by atoms with van der Waals surface area (Å²) in [4.78, 5) is 16.0. The zero-order valence-electron chi connectivity index (χ0n) is 13.8. The molecule has 23 heavy (non-hydrogen) atoms. The van der Waals surface area contributed by atoms with Crippen LogP contribution < -0.4 is 5.32 Å². The van der Waals surface area contributed by atoms with Crippen molar-refractivity contribution in [2.24, 2.45) is 0 Å². The number of hydrogen-bond acceptors (Lipinski definition) is 3. The number of nitrogens with one attached hydrogen (secondary N) is 1. The lowest BCUT2D eigenvalue weighted by Gasteiger charge is -2.26. The lowest BCUT2D eigenvalue weighted by Crippen LogP contribution is -2.40. The fourth-order valence-electron chi connectivity index (χ4n) is 3.06. The molecular weight excluding hydrogens is 304 g/mol. The highest BCUT2D eigenvalue weighted by Crippen LogP contribution is 2.23. The van der Waals surface area contributed by atoms with E-state index in [0.717, 1.165) is 31.5 Å². The number of aryl methyl sites for hydroxylation is 1. The summed E-state index contributed by atoms with van der Waals surface area (Å²) in [6.07, 6.45) is 2.11. The van der Waals surface area contributed by atoms with Crippen LogP contribution in [0.3, 0.4) is 0 Å². The number of hydrogen-bond donors (Lipinski definition) is 1. The quantitative estimate of drug-likeness (QED) is 0.910. The molecule has 0 aliphatic carbocycles. The number of fused-ring (bicyclic) bond motifs is 1. The molecule has 0 radical (unpaired) electrons. The maximum absolute atomic E-state index is 12.3. The van der Waals surface area contributed by atoms with Crippen LogP contribution in [0, 0.1) is 0 Å². The van der Waals surface area contributed by atoms with Crippen molar-refractivity contribution in [1.82, 2.24) is 10.2 Å². The van der Waals surface area contributed by atoms with E-state index in [9.17, 15) is 4.79 Å². The van der Waals surface area contributed by atoms with Crippen molar-refractivity contribution in [3.05, 3.63) is 57.3 Å². The van der Waals surface area contributed by atoms with Gasteiger partial charge in [-0.15, -0.1) is 11.3 Å². The third-order valence-corrected chi connectivity index (χ3v) is 5.54. The minimum Gasteiger partial charge on any atom is -0.348 e. The molecule has 1 aromatic heterocycles. The van der Waals surface area contributed by atoms with Crippen molar-refractivity contribution >= 4 is 17.2 Å². The van der Waals surface area contributed by atoms with E-state index in [0.29, 0.717) is 6.54 Å². The number of carbonyl (C=O) groups is 1. The largest absolute Gasteiger partial charge is 0.348 e. The Morgan fingerprint density at radius 2 is 2.09 bits per heavy atom. The topological polar surface area (TPSA) is 32.3 Å². The average Bonchev–Trinajstić information content (AvgIpc) is 3.02. The zero-order chi connectivity index (χ0) is 16.2. The highest BCUT2D eigenvalue weighted by Gasteiger charge is 2.20. The molecule has 1 unspecified atom stereocenters. The molecule has 0 bridgehead atoms. The van der Waals surface area contributed by atoms with Gasteiger partial charge in [0.1, 0.15) is 0 Å². The van der Waals surface area contributed by atoms with Gasteiger partial charge in [0.05, 0.1) is 12.6 Å². The summed E-state index contributed by atoms with van der Waals surface area (Å²) in [7, 11) is 0. The number of benzene rings is 1. The molecule has 3 rings (SSSR count). The average molecular weight is 328 g/mol. The normalized spacial score (nSPS) is 15.9. The fourth-order valence-corrected chi connectivity index (χ4v) is 3.95. The summed E-state index contributed by atoms with van der Waals surface area (Å²) in [6, 6.07) is 10.7. The van der Waals surface area contributed by atoms with Gasteiger partial charge in [0.15, 0.2) is 0 Å². The van der Waals surface area contributed by atoms with E-state index in [1.807, 2.05) is 18.3 Å². The zero-order valence-corrected chi connectivity index (χ0v) is 14.7. The molecule has 1 aromatic carbocycles. The van der Waals surface area contributed by atoms with Gasteiger partial charge in [-0.05, 0) is 47.9 Å². The molecule has 1 aliphatic heterocycles. The van der Waals surface area contributed by atoms with Gasteiger partial charge in [0.25, 0.3) is 0 Å². The third kappa shape index (κ3) is 4.01. The molecule has 0 fully saturated rings. The van der Waals surface area contributed by atoms with Crippen LogP contribution in [0.5, 0.6) is 0 Å². The lowest BCUT2D eigenvalue weighted by molar-refractivity contribution is -0.123. The Balaban J connectivity index is 1.52. The molecule has 0 saturated heterocycles. The second kappa shape index (κ2) is 7.28. The molecule has 1 amide bonds. The Hall–Kier alpha value is -1.65. The van der Waals surface area contributed by atoms with Gasteiger partial charge in [-0.2, -0.15) is 0 Å². The van der Waals surface area contributed by atoms with E-state index < -0.39 is 0 Å². The first kappa shape index (κ1) is 16.2. The summed E-state index contributed by atoms with van der Waals surface area (Å²) >= 11 is 1.83. The first-order chi connectivity index (χ1) is 11.2. The maximum atomic E-state index is 12.3. The smallest absolute Gasteiger partial charge is 0.234 e. The van der Waals surface area contributed by atoms with E-state index in [2.05, 4.69) is 52.9 Å². The van der Waals surface area contributed by atoms with Crippen molar-refractivity contribution in [2.75, 3.05) is 13.1 Å². The van der Waals surface area contributed by atoms with Crippen LogP contribution in [0.25, 0.3) is 0 Å². The van der Waals surface area contributed by atoms with Crippen LogP contribution in [-0.4, -0.2) is 23.9 Å². The molecule has 0 saturated carbocycles. The number of nitrogens with zero attached hydrogens (tertiary/aromatic N) is 1. The van der Waals surface area contributed by atoms with Gasteiger partial charge >= 0.3 is 0 Å². The van der Waals surface area contributed by atoms with E-state index in [1.54, 1.807) is 0 Å². The molecule has 4 heteroatoms. The molecule has 1 N–H and O–H groups in total. The maximum Gasteiger partial charge on any atom is 0.234 e. The van der Waals surface area contributed by atoms with Crippen LogP contribution in [0.2, 0.25) is 0 Å². The summed E-state index contributed by atoms with van der Waals surface area (Å²) in [5.41, 5.74) is 3.87. The number of carbonyl (C=O) groups excluding carboxylic acids is 1. The highest BCUT2D eigenvalue weighted by molar-refractivity contribution is 7.10. The van der Waals surface area contributed by atoms with E-state index >= 15 is 0 Å². The van der Waals surface area contributed by atoms with E-state index in [-0.39, 0.29) is 11.9 Å². The van der Waals surface area contributed by atoms with Gasteiger partial charge < -0.3 is 5.32 Å². The molecule has 2 heterocycles. The molecule has 1 aliphatic rings. The van der Waals surface area contributed by atoms with Crippen LogP contribution in [0.15, 0.2) is 35.7 Å². The third-order valence-electron chi connectivity index (χ3n) is 4.52. The SMILES string of the molecule is CCc1ccc(C(C)NC(=O)CN2CCc3sccc3C2)cc1. The predicted molar refractivity (Wildman–Crippen MR) is 95.7 cm³/mol. The van der Waals surface area contributed by atoms with Crippen LogP contribution in [-0.2, 0) is 24.2 Å². The van der Waals surface area contributed by atoms with Crippen molar-refractivity contribution < 1.29 is 4.79 Å². The second-order valence-electron chi connectivity index (χ2n) is 6.21. The summed E-state index contributed by atoms with van der Waals surface area (Å²) in [5, 5.41) is 5.27. The van der Waals surface area contributed by atoms with Crippen molar-refractivity contribution in [2.45, 2.75) is 39.3 Å². The number of thiophene rings is 1. The summed E-state index contributed by atoms with van der Waals surface area (Å²) < 4.78 is 0. The van der Waals surface area contributed by atoms with Gasteiger partial charge in [0, 0.05) is 18.0 Å². The van der Waals surface area contributed by atoms with Crippen LogP contribution >= 0.6 is 11.3 Å². The van der Waals surface area contributed by atoms with Crippen molar-refractivity contribution in [3.63, 3.8) is 0 Å². The molecule has 0 spiro atoms. The highest BCUT2D eigenvalue weighted by atomic mass is 32.1. The van der Waals surface area contributed by atoms with Crippen molar-refractivity contribution in [1.29, 1.82) is 0 Å². The van der Waals surface area contributed by atoms with Gasteiger partial charge in [0.2, 0.25) is 5.91 Å². The Morgan fingerprint density at radius 1 is 1.30 bits per heavy atom. The summed E-state index contributed by atoms with van der Waals surface area (Å²) in [6.45, 7) is 6.54. The molecular formula is C19H24N2OS. The van der Waals surface area contributed by atoms with Gasteiger partial charge in [-0.3, -0.25) is 9.69 Å². The first-order valence-electron chi connectivity index (χ1n) is 8.31. The minimum atomic E-state index is 0.0508. The monoisotopic (exact) mass is 328 g/mol. The second-order valence-corrected chi connectivity index (χ2v) is 7.21. The number of amides is 1. The van der Waals surface area contributed by atoms with E-state index in [1.165, 1.54) is 16.0 Å². The first-order valence-corrected chi connectivity index (χ1v) is 9.19. The molecule has 1 atom stereocenters. The van der Waals surface area contributed by atoms with Crippen LogP contribution in [0.4, 0.5) is 0 Å². The fraction of sp³-hybridized carbons (Fsp3) is 0.421. The molecule has 2 aromatic rings. The summed E-state index contributed by atoms with van der Waals surface area (Å²) in [5.74, 6) is 0.107. The van der Waals surface area contributed by atoms with Crippen LogP contribution in [0.1, 0.15) is 41.5 Å². The van der Waals surface area contributed by atoms with Gasteiger partial charge in [-0.25, -0.2) is 0 Å². The lowest BCUT2D eigenvalue weighted by atomic mass is 10.0. The molecule has 3 nitrogen and oxygen atoms in total. The van der Waals surface area contributed by atoms with Crippen molar-refractivity contribution in [3.8, 4) is 0 Å². The Kier molecular flexibility index (Phi) is 5.13. The Morgan fingerprint density at radius 3 is 2.83 bits per heavy atom. The van der Waals surface area contributed by atoms with Gasteiger partial charge in [-0.1, -0.05) is 31.2 Å². The molecule has 122 valence electrons. The minimum absolute atomic E-state index is 0.0508. The Bertz CT molecular complexity index is 662. The predicted octanol–water partition coefficient (Wildman–Crippen LogP) is 3.55.